The third-order valence-corrected chi connectivity index (χ3v) is 3.18. The minimum atomic E-state index is 0.249. The molecule has 0 amide bonds. The first-order chi connectivity index (χ1) is 7.27. The number of nitrogens with zero attached hydrogens (tertiary/aromatic N) is 1. The highest BCUT2D eigenvalue weighted by Crippen LogP contribution is 2.29. The number of hydrogen-bond acceptors (Lipinski definition) is 3. The van der Waals surface area contributed by atoms with Crippen molar-refractivity contribution in [3.05, 3.63) is 0 Å². The number of ether oxygens (including phenoxy) is 1. The molecule has 0 bridgehead atoms. The maximum absolute atomic E-state index is 8.38. The summed E-state index contributed by atoms with van der Waals surface area (Å²) in [5.41, 5.74) is 5.38. The third kappa shape index (κ3) is 4.08. The van der Waals surface area contributed by atoms with E-state index in [1.54, 1.807) is 0 Å². The van der Waals surface area contributed by atoms with Gasteiger partial charge in [0.05, 0.1) is 12.7 Å². The van der Waals surface area contributed by atoms with Crippen LogP contribution in [0.4, 0.5) is 0 Å². The molecule has 3 N–H and O–H groups in total. The van der Waals surface area contributed by atoms with Crippen molar-refractivity contribution >= 4 is 5.84 Å². The lowest BCUT2D eigenvalue weighted by Crippen LogP contribution is -2.28. The fourth-order valence-corrected chi connectivity index (χ4v) is 2.22. The van der Waals surface area contributed by atoms with Crippen LogP contribution in [-0.2, 0) is 4.74 Å². The Morgan fingerprint density at radius 3 is 2.87 bits per heavy atom. The normalized spacial score (nSPS) is 27.9. The highest BCUT2D eigenvalue weighted by Gasteiger charge is 2.23. The van der Waals surface area contributed by atoms with Gasteiger partial charge >= 0.3 is 0 Å². The Hall–Kier alpha value is -0.770. The summed E-state index contributed by atoms with van der Waals surface area (Å²) in [7, 11) is 0. The van der Waals surface area contributed by atoms with Crippen molar-refractivity contribution in [2.75, 3.05) is 6.61 Å². The van der Waals surface area contributed by atoms with Crippen LogP contribution in [0.2, 0.25) is 0 Å². The van der Waals surface area contributed by atoms with E-state index in [2.05, 4.69) is 12.1 Å². The smallest absolute Gasteiger partial charge is 0.141 e. The van der Waals surface area contributed by atoms with Gasteiger partial charge in [-0.25, -0.2) is 0 Å². The Kier molecular flexibility index (Phi) is 5.47. The molecule has 0 aromatic rings. The lowest BCUT2D eigenvalue weighted by atomic mass is 9.85. The van der Waals surface area contributed by atoms with E-state index in [0.717, 1.165) is 6.42 Å². The Labute approximate surface area is 91.5 Å². The highest BCUT2D eigenvalue weighted by atomic mass is 16.5. The zero-order valence-electron chi connectivity index (χ0n) is 9.48. The van der Waals surface area contributed by atoms with Crippen LogP contribution < -0.4 is 5.73 Å². The molecule has 0 spiro atoms. The van der Waals surface area contributed by atoms with E-state index in [1.807, 2.05) is 0 Å². The fraction of sp³-hybridized carbons (Fsp3) is 0.909. The summed E-state index contributed by atoms with van der Waals surface area (Å²) in [6.45, 7) is 2.78. The van der Waals surface area contributed by atoms with Crippen molar-refractivity contribution in [3.63, 3.8) is 0 Å². The monoisotopic (exact) mass is 214 g/mol. The molecule has 1 aliphatic carbocycles. The van der Waals surface area contributed by atoms with Crippen LogP contribution in [0.5, 0.6) is 0 Å². The first-order valence-corrected chi connectivity index (χ1v) is 5.86. The van der Waals surface area contributed by atoms with Gasteiger partial charge in [-0.1, -0.05) is 31.3 Å². The van der Waals surface area contributed by atoms with Gasteiger partial charge in [-0.05, 0) is 18.8 Å². The van der Waals surface area contributed by atoms with Crippen molar-refractivity contribution in [3.8, 4) is 0 Å². The molecule has 1 aliphatic rings. The molecule has 2 atom stereocenters. The highest BCUT2D eigenvalue weighted by molar-refractivity contribution is 5.79. The lowest BCUT2D eigenvalue weighted by Gasteiger charge is -2.30. The van der Waals surface area contributed by atoms with Crippen LogP contribution in [0.15, 0.2) is 5.16 Å². The van der Waals surface area contributed by atoms with Gasteiger partial charge in [0, 0.05) is 6.42 Å². The third-order valence-electron chi connectivity index (χ3n) is 3.18. The number of oxime groups is 1. The summed E-state index contributed by atoms with van der Waals surface area (Å²) < 4.78 is 5.79. The Morgan fingerprint density at radius 2 is 2.20 bits per heavy atom. The molecule has 4 nitrogen and oxygen atoms in total. The molecule has 0 heterocycles. The quantitative estimate of drug-likeness (QED) is 0.319. The molecule has 88 valence electrons. The second-order valence-electron chi connectivity index (χ2n) is 4.20. The molecule has 1 saturated carbocycles. The first-order valence-electron chi connectivity index (χ1n) is 5.86. The number of amidine groups is 1. The summed E-state index contributed by atoms with van der Waals surface area (Å²) in [6, 6.07) is 0. The van der Waals surface area contributed by atoms with Crippen LogP contribution in [0.3, 0.4) is 0 Å². The minimum Gasteiger partial charge on any atom is -0.409 e. The van der Waals surface area contributed by atoms with Crippen LogP contribution in [0.1, 0.15) is 45.4 Å². The van der Waals surface area contributed by atoms with Crippen LogP contribution >= 0.6 is 0 Å². The van der Waals surface area contributed by atoms with Crippen molar-refractivity contribution < 1.29 is 9.94 Å². The molecule has 0 saturated heterocycles. The van der Waals surface area contributed by atoms with Gasteiger partial charge < -0.3 is 15.7 Å². The van der Waals surface area contributed by atoms with Gasteiger partial charge in [-0.2, -0.15) is 0 Å². The van der Waals surface area contributed by atoms with Crippen LogP contribution in [0, 0.1) is 5.92 Å². The second kappa shape index (κ2) is 6.67. The van der Waals surface area contributed by atoms with Crippen molar-refractivity contribution in [2.24, 2.45) is 16.8 Å². The van der Waals surface area contributed by atoms with Gasteiger partial charge in [0.2, 0.25) is 0 Å². The van der Waals surface area contributed by atoms with Gasteiger partial charge in [-0.15, -0.1) is 0 Å². The van der Waals surface area contributed by atoms with E-state index in [0.29, 0.717) is 25.0 Å². The average molecular weight is 214 g/mol. The van der Waals surface area contributed by atoms with Gasteiger partial charge in [-0.3, -0.25) is 0 Å². The molecule has 2 unspecified atom stereocenters. The number of rotatable bonds is 5. The van der Waals surface area contributed by atoms with Crippen LogP contribution in [-0.4, -0.2) is 23.8 Å². The maximum Gasteiger partial charge on any atom is 0.141 e. The SMILES string of the molecule is CCC1CCCCC1OCC/C(N)=N/O. The number of hydrogen-bond donors (Lipinski definition) is 2. The number of nitrogens with two attached hydrogens (primary N) is 1. The minimum absolute atomic E-state index is 0.249. The lowest BCUT2D eigenvalue weighted by molar-refractivity contribution is -0.00875. The van der Waals surface area contributed by atoms with Gasteiger partial charge in [0.25, 0.3) is 0 Å². The zero-order valence-corrected chi connectivity index (χ0v) is 9.48. The molecule has 4 heteroatoms. The molecule has 1 rings (SSSR count). The summed E-state index contributed by atoms with van der Waals surface area (Å²) in [6.07, 6.45) is 7.13. The maximum atomic E-state index is 8.38. The largest absolute Gasteiger partial charge is 0.409 e. The predicted molar refractivity (Wildman–Crippen MR) is 60.0 cm³/mol. The van der Waals surface area contributed by atoms with Crippen molar-refractivity contribution in [1.82, 2.24) is 0 Å². The van der Waals surface area contributed by atoms with E-state index >= 15 is 0 Å². The summed E-state index contributed by atoms with van der Waals surface area (Å²) in [5.74, 6) is 0.949. The second-order valence-corrected chi connectivity index (χ2v) is 4.20. The Bertz CT molecular complexity index is 207. The van der Waals surface area contributed by atoms with Crippen molar-refractivity contribution in [2.45, 2.75) is 51.6 Å². The summed E-state index contributed by atoms with van der Waals surface area (Å²) in [4.78, 5) is 0. The van der Waals surface area contributed by atoms with E-state index < -0.39 is 0 Å². The van der Waals surface area contributed by atoms with Crippen LogP contribution in [0.25, 0.3) is 0 Å². The first kappa shape index (κ1) is 12.3. The fourth-order valence-electron chi connectivity index (χ4n) is 2.22. The van der Waals surface area contributed by atoms with E-state index in [9.17, 15) is 0 Å². The molecular weight excluding hydrogens is 192 g/mol. The Balaban J connectivity index is 2.23. The van der Waals surface area contributed by atoms with E-state index in [4.69, 9.17) is 15.7 Å². The van der Waals surface area contributed by atoms with E-state index in [-0.39, 0.29) is 5.84 Å². The molecule has 0 radical (unpaired) electrons. The molecule has 15 heavy (non-hydrogen) atoms. The predicted octanol–water partition coefficient (Wildman–Crippen LogP) is 2.11. The molecule has 0 aromatic carbocycles. The van der Waals surface area contributed by atoms with Gasteiger partial charge in [0.1, 0.15) is 5.84 Å². The molecule has 0 aliphatic heterocycles. The summed E-state index contributed by atoms with van der Waals surface area (Å²) >= 11 is 0. The molecular formula is C11H22N2O2. The topological polar surface area (TPSA) is 67.8 Å². The van der Waals surface area contributed by atoms with Crippen molar-refractivity contribution in [1.29, 1.82) is 0 Å². The average Bonchev–Trinajstić information content (AvgIpc) is 2.29. The van der Waals surface area contributed by atoms with E-state index in [1.165, 1.54) is 25.7 Å². The van der Waals surface area contributed by atoms with Gasteiger partial charge in [0.15, 0.2) is 0 Å². The zero-order chi connectivity index (χ0) is 11.1. The molecule has 0 aromatic heterocycles. The summed E-state index contributed by atoms with van der Waals surface area (Å²) in [5, 5.41) is 11.3. The molecule has 1 fully saturated rings. The Morgan fingerprint density at radius 1 is 1.47 bits per heavy atom. The standard InChI is InChI=1S/C11H22N2O2/c1-2-9-5-3-4-6-10(9)15-8-7-11(12)13-14/h9-10,14H,2-8H2,1H3,(H2,12,13).